The third-order valence-electron chi connectivity index (χ3n) is 2.79. The summed E-state index contributed by atoms with van der Waals surface area (Å²) in [6.07, 6.45) is 0. The lowest BCUT2D eigenvalue weighted by Crippen LogP contribution is -2.10. The SMILES string of the molecule is CCOC(=O)c1nc(C)n(-c2ccc(Br)c(C)n2)c1N. The van der Waals surface area contributed by atoms with Crippen molar-refractivity contribution < 1.29 is 9.53 Å². The highest BCUT2D eigenvalue weighted by Gasteiger charge is 2.21. The number of halogens is 1. The lowest BCUT2D eigenvalue weighted by molar-refractivity contribution is 0.0521. The average Bonchev–Trinajstić information content (AvgIpc) is 2.69. The van der Waals surface area contributed by atoms with Crippen LogP contribution in [0.2, 0.25) is 0 Å². The van der Waals surface area contributed by atoms with Gasteiger partial charge in [-0.25, -0.2) is 14.8 Å². The van der Waals surface area contributed by atoms with E-state index in [1.165, 1.54) is 0 Å². The van der Waals surface area contributed by atoms with Gasteiger partial charge in [-0.15, -0.1) is 0 Å². The monoisotopic (exact) mass is 338 g/mol. The largest absolute Gasteiger partial charge is 0.461 e. The van der Waals surface area contributed by atoms with E-state index < -0.39 is 5.97 Å². The first-order valence-corrected chi connectivity index (χ1v) is 6.90. The highest BCUT2D eigenvalue weighted by Crippen LogP contribution is 2.22. The molecule has 0 unspecified atom stereocenters. The van der Waals surface area contributed by atoms with E-state index in [1.54, 1.807) is 24.5 Å². The molecule has 2 N–H and O–H groups in total. The van der Waals surface area contributed by atoms with Gasteiger partial charge in [-0.2, -0.15) is 0 Å². The minimum absolute atomic E-state index is 0.117. The maximum absolute atomic E-state index is 11.8. The molecule has 0 atom stereocenters. The summed E-state index contributed by atoms with van der Waals surface area (Å²) >= 11 is 3.40. The summed E-state index contributed by atoms with van der Waals surface area (Å²) in [4.78, 5) is 20.4. The first-order valence-electron chi connectivity index (χ1n) is 6.11. The number of nitrogens with zero attached hydrogens (tertiary/aromatic N) is 3. The van der Waals surface area contributed by atoms with Crippen molar-refractivity contribution in [2.75, 3.05) is 12.3 Å². The number of esters is 1. The van der Waals surface area contributed by atoms with Gasteiger partial charge >= 0.3 is 5.97 Å². The number of carbonyl (C=O) groups excluding carboxylic acids is 1. The molecule has 0 radical (unpaired) electrons. The summed E-state index contributed by atoms with van der Waals surface area (Å²) in [6, 6.07) is 3.68. The Hall–Kier alpha value is -1.89. The summed E-state index contributed by atoms with van der Waals surface area (Å²) in [5.41, 5.74) is 6.95. The van der Waals surface area contributed by atoms with E-state index in [4.69, 9.17) is 10.5 Å². The van der Waals surface area contributed by atoms with Crippen molar-refractivity contribution >= 4 is 27.7 Å². The summed E-state index contributed by atoms with van der Waals surface area (Å²) in [6.45, 7) is 5.65. The molecule has 0 aliphatic heterocycles. The van der Waals surface area contributed by atoms with Crippen LogP contribution < -0.4 is 5.73 Å². The molecular formula is C13H15BrN4O2. The maximum Gasteiger partial charge on any atom is 0.360 e. The first kappa shape index (κ1) is 14.5. The Morgan fingerprint density at radius 2 is 2.10 bits per heavy atom. The number of pyridine rings is 1. The molecule has 0 aliphatic carbocycles. The smallest absolute Gasteiger partial charge is 0.360 e. The topological polar surface area (TPSA) is 83.0 Å². The van der Waals surface area contributed by atoms with Crippen LogP contribution in [0.25, 0.3) is 5.82 Å². The number of nitrogens with two attached hydrogens (primary N) is 1. The van der Waals surface area contributed by atoms with Gasteiger partial charge in [0.2, 0.25) is 0 Å². The molecule has 2 aromatic rings. The molecule has 106 valence electrons. The van der Waals surface area contributed by atoms with Crippen LogP contribution >= 0.6 is 15.9 Å². The van der Waals surface area contributed by atoms with Crippen molar-refractivity contribution in [1.29, 1.82) is 0 Å². The number of ether oxygens (including phenoxy) is 1. The van der Waals surface area contributed by atoms with Crippen molar-refractivity contribution in [2.24, 2.45) is 0 Å². The van der Waals surface area contributed by atoms with Gasteiger partial charge in [-0.05, 0) is 48.8 Å². The maximum atomic E-state index is 11.8. The quantitative estimate of drug-likeness (QED) is 0.869. The van der Waals surface area contributed by atoms with Crippen molar-refractivity contribution in [2.45, 2.75) is 20.8 Å². The molecule has 0 bridgehead atoms. The zero-order chi connectivity index (χ0) is 14.9. The molecule has 0 amide bonds. The third kappa shape index (κ3) is 2.53. The van der Waals surface area contributed by atoms with Gasteiger partial charge in [0.25, 0.3) is 0 Å². The zero-order valence-corrected chi connectivity index (χ0v) is 13.1. The summed E-state index contributed by atoms with van der Waals surface area (Å²) in [7, 11) is 0. The van der Waals surface area contributed by atoms with Crippen LogP contribution in [-0.2, 0) is 4.74 Å². The van der Waals surface area contributed by atoms with E-state index in [1.807, 2.05) is 13.0 Å². The second-order valence-electron chi connectivity index (χ2n) is 4.19. The second-order valence-corrected chi connectivity index (χ2v) is 5.04. The van der Waals surface area contributed by atoms with Gasteiger partial charge in [0, 0.05) is 4.47 Å². The lowest BCUT2D eigenvalue weighted by atomic mass is 10.3. The number of carbonyl (C=O) groups is 1. The van der Waals surface area contributed by atoms with Crippen LogP contribution in [0, 0.1) is 13.8 Å². The van der Waals surface area contributed by atoms with Gasteiger partial charge < -0.3 is 10.5 Å². The van der Waals surface area contributed by atoms with Crippen LogP contribution in [-0.4, -0.2) is 27.1 Å². The van der Waals surface area contributed by atoms with E-state index in [-0.39, 0.29) is 18.1 Å². The van der Waals surface area contributed by atoms with E-state index >= 15 is 0 Å². The predicted octanol–water partition coefficient (Wildman–Crippen LogP) is 2.41. The molecule has 0 spiro atoms. The lowest BCUT2D eigenvalue weighted by Gasteiger charge is -2.08. The normalized spacial score (nSPS) is 10.6. The number of aryl methyl sites for hydroxylation is 2. The van der Waals surface area contributed by atoms with Gasteiger partial charge in [-0.3, -0.25) is 4.57 Å². The molecular weight excluding hydrogens is 324 g/mol. The van der Waals surface area contributed by atoms with Crippen LogP contribution in [0.1, 0.15) is 28.9 Å². The van der Waals surface area contributed by atoms with E-state index in [2.05, 4.69) is 25.9 Å². The molecule has 20 heavy (non-hydrogen) atoms. The molecule has 2 aromatic heterocycles. The van der Waals surface area contributed by atoms with Crippen LogP contribution in [0.4, 0.5) is 5.82 Å². The Labute approximate surface area is 125 Å². The minimum Gasteiger partial charge on any atom is -0.461 e. The zero-order valence-electron chi connectivity index (χ0n) is 11.5. The molecule has 0 aromatic carbocycles. The molecule has 7 heteroatoms. The number of nitrogen functional groups attached to an aromatic ring is 1. The molecule has 2 heterocycles. The Balaban J connectivity index is 2.52. The van der Waals surface area contributed by atoms with Crippen molar-refractivity contribution in [3.8, 4) is 5.82 Å². The molecule has 0 aliphatic rings. The predicted molar refractivity (Wildman–Crippen MR) is 78.9 cm³/mol. The fraction of sp³-hybridized carbons (Fsp3) is 0.308. The van der Waals surface area contributed by atoms with E-state index in [0.29, 0.717) is 11.6 Å². The number of imidazole rings is 1. The number of hydrogen-bond donors (Lipinski definition) is 1. The van der Waals surface area contributed by atoms with Crippen LogP contribution in [0.15, 0.2) is 16.6 Å². The number of aromatic nitrogens is 3. The summed E-state index contributed by atoms with van der Waals surface area (Å²) in [5.74, 6) is 0.902. The first-order chi connectivity index (χ1) is 9.45. The number of hydrogen-bond acceptors (Lipinski definition) is 5. The van der Waals surface area contributed by atoms with Crippen LogP contribution in [0.3, 0.4) is 0 Å². The van der Waals surface area contributed by atoms with E-state index in [0.717, 1.165) is 10.2 Å². The van der Waals surface area contributed by atoms with Gasteiger partial charge in [0.05, 0.1) is 12.3 Å². The second kappa shape index (κ2) is 5.62. The average molecular weight is 339 g/mol. The number of anilines is 1. The summed E-state index contributed by atoms with van der Waals surface area (Å²) in [5, 5.41) is 0. The van der Waals surface area contributed by atoms with Crippen molar-refractivity contribution in [3.63, 3.8) is 0 Å². The Bertz CT molecular complexity index is 667. The molecule has 0 saturated heterocycles. The fourth-order valence-corrected chi connectivity index (χ4v) is 2.06. The molecule has 0 saturated carbocycles. The van der Waals surface area contributed by atoms with Gasteiger partial charge in [0.1, 0.15) is 17.5 Å². The highest BCUT2D eigenvalue weighted by atomic mass is 79.9. The van der Waals surface area contributed by atoms with Gasteiger partial charge in [-0.1, -0.05) is 0 Å². The van der Waals surface area contributed by atoms with Crippen LogP contribution in [0.5, 0.6) is 0 Å². The van der Waals surface area contributed by atoms with Crippen molar-refractivity contribution in [1.82, 2.24) is 14.5 Å². The Morgan fingerprint density at radius 1 is 1.40 bits per heavy atom. The molecule has 6 nitrogen and oxygen atoms in total. The molecule has 2 rings (SSSR count). The third-order valence-corrected chi connectivity index (χ3v) is 3.62. The summed E-state index contributed by atoms with van der Waals surface area (Å²) < 4.78 is 7.47. The minimum atomic E-state index is -0.527. The Kier molecular flexibility index (Phi) is 4.08. The Morgan fingerprint density at radius 3 is 2.70 bits per heavy atom. The fourth-order valence-electron chi connectivity index (χ4n) is 1.84. The van der Waals surface area contributed by atoms with Gasteiger partial charge in [0.15, 0.2) is 5.69 Å². The molecule has 0 fully saturated rings. The highest BCUT2D eigenvalue weighted by molar-refractivity contribution is 9.10. The van der Waals surface area contributed by atoms with E-state index in [9.17, 15) is 4.79 Å². The number of rotatable bonds is 3. The standard InChI is InChI=1S/C13H15BrN4O2/c1-4-20-13(19)11-12(15)18(8(3)17-11)10-6-5-9(14)7(2)16-10/h5-6H,4,15H2,1-3H3. The van der Waals surface area contributed by atoms with Crippen molar-refractivity contribution in [3.05, 3.63) is 33.8 Å².